The fraction of sp³-hybridized carbons (Fsp3) is 0.800. The molecule has 0 aliphatic carbocycles. The number of anilines is 1. The molecule has 1 aliphatic heterocycles. The van der Waals surface area contributed by atoms with E-state index in [4.69, 9.17) is 5.73 Å². The summed E-state index contributed by atoms with van der Waals surface area (Å²) in [5, 5.41) is 6.33. The maximum atomic E-state index is 12.5. The molecule has 1 aliphatic rings. The molecule has 2 rings (SSSR count). The van der Waals surface area contributed by atoms with E-state index in [0.717, 1.165) is 26.1 Å². The van der Waals surface area contributed by atoms with E-state index in [9.17, 15) is 13.2 Å². The Morgan fingerprint density at radius 3 is 2.58 bits per heavy atom. The van der Waals surface area contributed by atoms with Gasteiger partial charge in [-0.15, -0.1) is 10.2 Å². The summed E-state index contributed by atoms with van der Waals surface area (Å²) in [7, 11) is 0. The number of alkyl halides is 3. The van der Waals surface area contributed by atoms with Crippen LogP contribution in [0.5, 0.6) is 0 Å². The molecule has 0 saturated carbocycles. The van der Waals surface area contributed by atoms with Crippen LogP contribution in [0, 0.1) is 0 Å². The van der Waals surface area contributed by atoms with Crippen molar-refractivity contribution in [3.63, 3.8) is 0 Å². The normalized spacial score (nSPS) is 18.6. The molecule has 1 aromatic rings. The lowest BCUT2D eigenvalue weighted by Crippen LogP contribution is -2.33. The van der Waals surface area contributed by atoms with Gasteiger partial charge in [-0.05, 0) is 13.0 Å². The van der Waals surface area contributed by atoms with E-state index < -0.39 is 11.2 Å². The molecule has 0 aromatic carbocycles. The minimum Gasteiger partial charge on any atom is -0.345 e. The molecule has 0 atom stereocenters. The zero-order chi connectivity index (χ0) is 13.9. The predicted octanol–water partition coefficient (Wildman–Crippen LogP) is 1.03. The first-order valence-electron chi connectivity index (χ1n) is 6.09. The second-order valence-electron chi connectivity index (χ2n) is 4.36. The van der Waals surface area contributed by atoms with Crippen LogP contribution in [0.2, 0.25) is 0 Å². The topological polar surface area (TPSA) is 58.3 Å². The Hall–Kier alpha value is -0.930. The average Bonchev–Trinajstić information content (AvgIpc) is 2.72. The largest absolute Gasteiger partial charge is 0.445 e. The van der Waals surface area contributed by atoms with Crippen LogP contribution in [0.15, 0.2) is 0 Å². The summed E-state index contributed by atoms with van der Waals surface area (Å²) in [6, 6.07) is 0. The lowest BCUT2D eigenvalue weighted by atomic mass is 10.4. The zero-order valence-corrected chi connectivity index (χ0v) is 11.2. The highest BCUT2D eigenvalue weighted by Crippen LogP contribution is 2.34. The quantitative estimate of drug-likeness (QED) is 0.902. The maximum Gasteiger partial charge on any atom is 0.445 e. The summed E-state index contributed by atoms with van der Waals surface area (Å²) in [4.78, 5) is 4.08. The highest BCUT2D eigenvalue weighted by molar-refractivity contribution is 7.15. The number of nitrogens with two attached hydrogens (primary N) is 1. The first-order valence-corrected chi connectivity index (χ1v) is 6.90. The Bertz CT molecular complexity index is 408. The summed E-state index contributed by atoms with van der Waals surface area (Å²) in [6.45, 7) is 4.48. The third-order valence-corrected chi connectivity index (χ3v) is 3.99. The van der Waals surface area contributed by atoms with Gasteiger partial charge in [-0.3, -0.25) is 0 Å². The van der Waals surface area contributed by atoms with Gasteiger partial charge in [0, 0.05) is 32.7 Å². The molecule has 1 aromatic heterocycles. The van der Waals surface area contributed by atoms with Gasteiger partial charge >= 0.3 is 6.18 Å². The van der Waals surface area contributed by atoms with Gasteiger partial charge in [-0.25, -0.2) is 0 Å². The minimum absolute atomic E-state index is 0.349. The number of rotatable bonds is 3. The van der Waals surface area contributed by atoms with Gasteiger partial charge in [0.2, 0.25) is 10.1 Å². The van der Waals surface area contributed by atoms with Gasteiger partial charge in [0.05, 0.1) is 0 Å². The molecule has 1 fully saturated rings. The maximum absolute atomic E-state index is 12.5. The van der Waals surface area contributed by atoms with Crippen molar-refractivity contribution in [3.8, 4) is 0 Å². The standard InChI is InChI=1S/C10H16F3N5S/c11-10(12,13)8-15-16-9(19-8)18-4-1-3-17(5-2-14)6-7-18/h1-7,14H2. The molecule has 5 nitrogen and oxygen atoms in total. The Kier molecular flexibility index (Phi) is 4.58. The van der Waals surface area contributed by atoms with Crippen molar-refractivity contribution in [3.05, 3.63) is 5.01 Å². The van der Waals surface area contributed by atoms with Crippen LogP contribution < -0.4 is 10.6 Å². The third kappa shape index (κ3) is 3.77. The van der Waals surface area contributed by atoms with Crippen molar-refractivity contribution in [2.24, 2.45) is 5.73 Å². The van der Waals surface area contributed by atoms with Gasteiger partial charge in [0.25, 0.3) is 0 Å². The van der Waals surface area contributed by atoms with E-state index in [1.807, 2.05) is 4.90 Å². The molecule has 19 heavy (non-hydrogen) atoms. The van der Waals surface area contributed by atoms with Gasteiger partial charge < -0.3 is 15.5 Å². The van der Waals surface area contributed by atoms with Crippen LogP contribution in [-0.2, 0) is 6.18 Å². The minimum atomic E-state index is -4.41. The SMILES string of the molecule is NCCN1CCCN(c2nnc(C(F)(F)F)s2)CC1. The number of hydrogen-bond acceptors (Lipinski definition) is 6. The molecule has 2 N–H and O–H groups in total. The van der Waals surface area contributed by atoms with Crippen molar-refractivity contribution in [2.75, 3.05) is 44.2 Å². The second kappa shape index (κ2) is 6.02. The van der Waals surface area contributed by atoms with E-state index in [2.05, 4.69) is 15.1 Å². The lowest BCUT2D eigenvalue weighted by Gasteiger charge is -2.20. The molecule has 0 radical (unpaired) electrons. The predicted molar refractivity (Wildman–Crippen MR) is 67.2 cm³/mol. The van der Waals surface area contributed by atoms with Gasteiger partial charge in [-0.1, -0.05) is 11.3 Å². The van der Waals surface area contributed by atoms with Crippen molar-refractivity contribution in [1.82, 2.24) is 15.1 Å². The van der Waals surface area contributed by atoms with E-state index in [1.165, 1.54) is 0 Å². The molecule has 0 spiro atoms. The van der Waals surface area contributed by atoms with Crippen molar-refractivity contribution in [1.29, 1.82) is 0 Å². The average molecular weight is 295 g/mol. The molecule has 0 bridgehead atoms. The molecule has 0 unspecified atom stereocenters. The Labute approximate surface area is 113 Å². The first-order chi connectivity index (χ1) is 9.00. The van der Waals surface area contributed by atoms with Crippen molar-refractivity contribution >= 4 is 16.5 Å². The monoisotopic (exact) mass is 295 g/mol. The molecule has 0 amide bonds. The summed E-state index contributed by atoms with van der Waals surface area (Å²) in [5.41, 5.74) is 5.51. The Morgan fingerprint density at radius 2 is 1.95 bits per heavy atom. The van der Waals surface area contributed by atoms with Crippen LogP contribution in [-0.4, -0.2) is 54.4 Å². The van der Waals surface area contributed by atoms with Gasteiger partial charge in [-0.2, -0.15) is 13.2 Å². The lowest BCUT2D eigenvalue weighted by molar-refractivity contribution is -0.138. The summed E-state index contributed by atoms with van der Waals surface area (Å²) >= 11 is 0.606. The summed E-state index contributed by atoms with van der Waals surface area (Å²) in [5.74, 6) is 0. The number of hydrogen-bond donors (Lipinski definition) is 1. The van der Waals surface area contributed by atoms with E-state index in [0.29, 0.717) is 36.1 Å². The van der Waals surface area contributed by atoms with E-state index >= 15 is 0 Å². The zero-order valence-electron chi connectivity index (χ0n) is 10.4. The Morgan fingerprint density at radius 1 is 1.16 bits per heavy atom. The second-order valence-corrected chi connectivity index (χ2v) is 5.31. The number of aromatic nitrogens is 2. The number of halogens is 3. The third-order valence-electron chi connectivity index (χ3n) is 2.96. The van der Waals surface area contributed by atoms with E-state index in [1.54, 1.807) is 0 Å². The number of nitrogens with zero attached hydrogens (tertiary/aromatic N) is 4. The summed E-state index contributed by atoms with van der Waals surface area (Å²) < 4.78 is 37.4. The first kappa shape index (κ1) is 14.5. The van der Waals surface area contributed by atoms with Crippen LogP contribution in [0.25, 0.3) is 0 Å². The fourth-order valence-corrected chi connectivity index (χ4v) is 2.79. The molecule has 2 heterocycles. The van der Waals surface area contributed by atoms with Gasteiger partial charge in [0.1, 0.15) is 0 Å². The van der Waals surface area contributed by atoms with E-state index in [-0.39, 0.29) is 0 Å². The molecular formula is C10H16F3N5S. The molecule has 108 valence electrons. The highest BCUT2D eigenvalue weighted by Gasteiger charge is 2.36. The van der Waals surface area contributed by atoms with Crippen molar-refractivity contribution < 1.29 is 13.2 Å². The van der Waals surface area contributed by atoms with Crippen LogP contribution in [0.3, 0.4) is 0 Å². The Balaban J connectivity index is 2.00. The summed E-state index contributed by atoms with van der Waals surface area (Å²) in [6.07, 6.45) is -3.52. The molecular weight excluding hydrogens is 279 g/mol. The molecule has 1 saturated heterocycles. The van der Waals surface area contributed by atoms with Crippen LogP contribution in [0.4, 0.5) is 18.3 Å². The molecule has 9 heteroatoms. The fourth-order valence-electron chi connectivity index (χ4n) is 2.03. The van der Waals surface area contributed by atoms with Crippen LogP contribution >= 0.6 is 11.3 Å². The smallest absolute Gasteiger partial charge is 0.345 e. The van der Waals surface area contributed by atoms with Gasteiger partial charge in [0.15, 0.2) is 0 Å². The van der Waals surface area contributed by atoms with Crippen LogP contribution in [0.1, 0.15) is 11.4 Å². The van der Waals surface area contributed by atoms with Crippen molar-refractivity contribution in [2.45, 2.75) is 12.6 Å². The highest BCUT2D eigenvalue weighted by atomic mass is 32.1.